The van der Waals surface area contributed by atoms with Crippen molar-refractivity contribution in [2.75, 3.05) is 6.54 Å². The van der Waals surface area contributed by atoms with Gasteiger partial charge in [0.2, 0.25) is 5.91 Å². The Kier molecular flexibility index (Phi) is 6.29. The van der Waals surface area contributed by atoms with E-state index in [1.165, 1.54) is 12.0 Å². The summed E-state index contributed by atoms with van der Waals surface area (Å²) in [4.78, 5) is 14.6. The highest BCUT2D eigenvalue weighted by Crippen LogP contribution is 2.23. The van der Waals surface area contributed by atoms with Gasteiger partial charge in [-0.3, -0.25) is 4.79 Å². The molecule has 0 saturated carbocycles. The van der Waals surface area contributed by atoms with Gasteiger partial charge in [-0.1, -0.05) is 26.0 Å². The van der Waals surface area contributed by atoms with Crippen LogP contribution in [-0.4, -0.2) is 28.5 Å². The summed E-state index contributed by atoms with van der Waals surface area (Å²) in [7, 11) is 0. The molecule has 0 unspecified atom stereocenters. The van der Waals surface area contributed by atoms with E-state index in [0.29, 0.717) is 30.0 Å². The van der Waals surface area contributed by atoms with Gasteiger partial charge in [0.25, 0.3) is 0 Å². The number of piperidine rings is 1. The fraction of sp³-hybridized carbons (Fsp3) is 0.632. The lowest BCUT2D eigenvalue weighted by molar-refractivity contribution is -0.135. The van der Waals surface area contributed by atoms with E-state index >= 15 is 0 Å². The van der Waals surface area contributed by atoms with Gasteiger partial charge in [-0.2, -0.15) is 0 Å². The van der Waals surface area contributed by atoms with Crippen molar-refractivity contribution in [3.8, 4) is 5.75 Å². The molecular weight excluding hydrogens is 274 g/mol. The first-order valence-electron chi connectivity index (χ1n) is 8.63. The van der Waals surface area contributed by atoms with Gasteiger partial charge in [0.1, 0.15) is 5.75 Å². The maximum Gasteiger partial charge on any atom is 0.222 e. The van der Waals surface area contributed by atoms with Gasteiger partial charge in [-0.05, 0) is 62.1 Å². The average Bonchev–Trinajstić information content (AvgIpc) is 2.52. The zero-order valence-electron chi connectivity index (χ0n) is 13.9. The minimum absolute atomic E-state index is 0.312. The average molecular weight is 303 g/mol. The fourth-order valence-corrected chi connectivity index (χ4v) is 3.18. The first-order valence-corrected chi connectivity index (χ1v) is 8.63. The number of likely N-dealkylation sites (tertiary alicyclic amines) is 1. The zero-order chi connectivity index (χ0) is 15.9. The predicted octanol–water partition coefficient (Wildman–Crippen LogP) is 4.14. The van der Waals surface area contributed by atoms with Gasteiger partial charge < -0.3 is 10.0 Å². The van der Waals surface area contributed by atoms with Crippen molar-refractivity contribution < 1.29 is 9.90 Å². The summed E-state index contributed by atoms with van der Waals surface area (Å²) in [6, 6.07) is 7.82. The Morgan fingerprint density at radius 3 is 2.68 bits per heavy atom. The molecule has 3 heteroatoms. The van der Waals surface area contributed by atoms with Crippen LogP contribution >= 0.6 is 0 Å². The van der Waals surface area contributed by atoms with E-state index in [1.54, 1.807) is 12.1 Å². The molecule has 1 aliphatic heterocycles. The van der Waals surface area contributed by atoms with E-state index in [-0.39, 0.29) is 0 Å². The molecule has 1 aliphatic rings. The molecule has 0 aliphatic carbocycles. The number of carbonyl (C=O) groups excluding carboxylic acids is 1. The molecule has 1 N–H and O–H groups in total. The van der Waals surface area contributed by atoms with Crippen LogP contribution in [0.4, 0.5) is 0 Å². The second-order valence-electron chi connectivity index (χ2n) is 6.87. The van der Waals surface area contributed by atoms with Gasteiger partial charge >= 0.3 is 0 Å². The number of rotatable bonds is 6. The van der Waals surface area contributed by atoms with Crippen LogP contribution in [0.25, 0.3) is 0 Å². The Morgan fingerprint density at radius 2 is 2.00 bits per heavy atom. The van der Waals surface area contributed by atoms with Crippen molar-refractivity contribution in [1.82, 2.24) is 4.90 Å². The Morgan fingerprint density at radius 1 is 1.27 bits per heavy atom. The number of aromatic hydroxyl groups is 1. The Hall–Kier alpha value is -1.51. The van der Waals surface area contributed by atoms with Crippen LogP contribution in [-0.2, 0) is 11.2 Å². The molecule has 1 aromatic rings. The Labute approximate surface area is 134 Å². The second kappa shape index (κ2) is 8.21. The lowest BCUT2D eigenvalue weighted by atomic mass is 9.95. The number of phenolic OH excluding ortho intramolecular Hbond substituents is 1. The number of amides is 1. The number of carbonyl (C=O) groups is 1. The minimum Gasteiger partial charge on any atom is -0.508 e. The van der Waals surface area contributed by atoms with Crippen LogP contribution in [0.5, 0.6) is 5.75 Å². The molecule has 0 radical (unpaired) electrons. The molecule has 1 amide bonds. The molecule has 1 heterocycles. The monoisotopic (exact) mass is 303 g/mol. The lowest BCUT2D eigenvalue weighted by Gasteiger charge is -2.36. The summed E-state index contributed by atoms with van der Waals surface area (Å²) >= 11 is 0. The molecule has 2 rings (SSSR count). The maximum absolute atomic E-state index is 12.5. The number of aryl methyl sites for hydroxylation is 1. The molecular formula is C19H29NO2. The number of benzene rings is 1. The van der Waals surface area contributed by atoms with Crippen molar-refractivity contribution in [2.24, 2.45) is 5.92 Å². The molecule has 3 nitrogen and oxygen atoms in total. The summed E-state index contributed by atoms with van der Waals surface area (Å²) in [6.45, 7) is 5.27. The maximum atomic E-state index is 12.5. The normalized spacial score (nSPS) is 18.7. The van der Waals surface area contributed by atoms with E-state index in [1.807, 2.05) is 12.1 Å². The summed E-state index contributed by atoms with van der Waals surface area (Å²) in [5, 5.41) is 9.34. The van der Waals surface area contributed by atoms with Crippen LogP contribution in [0.3, 0.4) is 0 Å². The van der Waals surface area contributed by atoms with Gasteiger partial charge in [0.15, 0.2) is 0 Å². The van der Waals surface area contributed by atoms with Gasteiger partial charge in [0.05, 0.1) is 0 Å². The molecule has 1 fully saturated rings. The highest BCUT2D eigenvalue weighted by molar-refractivity contribution is 5.76. The third-order valence-corrected chi connectivity index (χ3v) is 4.59. The highest BCUT2D eigenvalue weighted by Gasteiger charge is 2.26. The third kappa shape index (κ3) is 5.04. The van der Waals surface area contributed by atoms with Gasteiger partial charge in [-0.15, -0.1) is 0 Å². The standard InChI is InChI=1S/C19H29NO2/c1-15(2)6-13-19(22)20-14-4-3-5-17(20)10-7-16-8-11-18(21)12-9-16/h8-9,11-12,15,17,21H,3-7,10,13-14H2,1-2H3/t17-/m0/s1. The zero-order valence-corrected chi connectivity index (χ0v) is 13.9. The SMILES string of the molecule is CC(C)CCC(=O)N1CCCC[C@H]1CCc1ccc(O)cc1. The summed E-state index contributed by atoms with van der Waals surface area (Å²) in [5.74, 6) is 1.24. The second-order valence-corrected chi connectivity index (χ2v) is 6.87. The van der Waals surface area contributed by atoms with E-state index in [0.717, 1.165) is 38.6 Å². The molecule has 1 aromatic carbocycles. The predicted molar refractivity (Wildman–Crippen MR) is 89.9 cm³/mol. The molecule has 122 valence electrons. The van der Waals surface area contributed by atoms with Crippen LogP contribution in [0.15, 0.2) is 24.3 Å². The van der Waals surface area contributed by atoms with E-state index in [4.69, 9.17) is 0 Å². The van der Waals surface area contributed by atoms with Gasteiger partial charge in [-0.25, -0.2) is 0 Å². The third-order valence-electron chi connectivity index (χ3n) is 4.59. The van der Waals surface area contributed by atoms with E-state index < -0.39 is 0 Å². The number of phenols is 1. The van der Waals surface area contributed by atoms with Gasteiger partial charge in [0, 0.05) is 19.0 Å². The lowest BCUT2D eigenvalue weighted by Crippen LogP contribution is -2.44. The van der Waals surface area contributed by atoms with E-state index in [9.17, 15) is 9.90 Å². The van der Waals surface area contributed by atoms with Crippen molar-refractivity contribution in [2.45, 2.75) is 64.8 Å². The fourth-order valence-electron chi connectivity index (χ4n) is 3.18. The summed E-state index contributed by atoms with van der Waals surface area (Å²) in [5.41, 5.74) is 1.23. The summed E-state index contributed by atoms with van der Waals surface area (Å²) in [6.07, 6.45) is 7.17. The molecule has 22 heavy (non-hydrogen) atoms. The summed E-state index contributed by atoms with van der Waals surface area (Å²) < 4.78 is 0. The van der Waals surface area contributed by atoms with Crippen LogP contribution in [0.2, 0.25) is 0 Å². The van der Waals surface area contributed by atoms with Crippen LogP contribution < -0.4 is 0 Å². The van der Waals surface area contributed by atoms with Crippen molar-refractivity contribution in [3.63, 3.8) is 0 Å². The smallest absolute Gasteiger partial charge is 0.222 e. The number of hydrogen-bond donors (Lipinski definition) is 1. The molecule has 0 bridgehead atoms. The largest absolute Gasteiger partial charge is 0.508 e. The number of hydrogen-bond acceptors (Lipinski definition) is 2. The highest BCUT2D eigenvalue weighted by atomic mass is 16.3. The van der Waals surface area contributed by atoms with Crippen LogP contribution in [0.1, 0.15) is 57.9 Å². The molecule has 0 spiro atoms. The molecule has 1 saturated heterocycles. The Bertz CT molecular complexity index is 467. The van der Waals surface area contributed by atoms with Crippen molar-refractivity contribution in [1.29, 1.82) is 0 Å². The quantitative estimate of drug-likeness (QED) is 0.858. The molecule has 1 atom stereocenters. The van der Waals surface area contributed by atoms with Crippen molar-refractivity contribution >= 4 is 5.91 Å². The number of nitrogens with zero attached hydrogens (tertiary/aromatic N) is 1. The Balaban J connectivity index is 1.88. The molecule has 0 aromatic heterocycles. The van der Waals surface area contributed by atoms with Crippen LogP contribution in [0, 0.1) is 5.92 Å². The first kappa shape index (κ1) is 16.9. The topological polar surface area (TPSA) is 40.5 Å². The van der Waals surface area contributed by atoms with Crippen molar-refractivity contribution in [3.05, 3.63) is 29.8 Å². The minimum atomic E-state index is 0.312. The van der Waals surface area contributed by atoms with E-state index in [2.05, 4.69) is 18.7 Å². The first-order chi connectivity index (χ1) is 10.6.